The second-order valence-corrected chi connectivity index (χ2v) is 7.34. The highest BCUT2D eigenvalue weighted by Gasteiger charge is 2.30. The summed E-state index contributed by atoms with van der Waals surface area (Å²) in [4.78, 5) is 28.9. The number of rotatable bonds is 3. The van der Waals surface area contributed by atoms with Gasteiger partial charge in [-0.05, 0) is 18.2 Å². The number of ether oxygens (including phenoxy) is 2. The Morgan fingerprint density at radius 3 is 2.57 bits per heavy atom. The minimum atomic E-state index is -0.124. The molecule has 2 aromatic rings. The molecule has 0 radical (unpaired) electrons. The van der Waals surface area contributed by atoms with E-state index >= 15 is 0 Å². The van der Waals surface area contributed by atoms with Gasteiger partial charge in [-0.15, -0.1) is 0 Å². The average molecular weight is 382 g/mol. The van der Waals surface area contributed by atoms with Gasteiger partial charge in [0.25, 0.3) is 5.91 Å². The van der Waals surface area contributed by atoms with Crippen molar-refractivity contribution in [2.45, 2.75) is 19.3 Å². The Morgan fingerprint density at radius 1 is 1.00 bits per heavy atom. The highest BCUT2D eigenvalue weighted by molar-refractivity contribution is 5.91. The SMILES string of the molecule is O=C(Cc1c2c(cc3c1OCC3)OCC2)N1CCN(C(=O)c2ccco2)CC1. The maximum atomic E-state index is 13.0. The Kier molecular flexibility index (Phi) is 4.22. The van der Waals surface area contributed by atoms with Crippen LogP contribution >= 0.6 is 0 Å². The number of piperazine rings is 1. The quantitative estimate of drug-likeness (QED) is 0.808. The molecule has 0 spiro atoms. The van der Waals surface area contributed by atoms with E-state index in [4.69, 9.17) is 13.9 Å². The molecule has 7 nitrogen and oxygen atoms in total. The van der Waals surface area contributed by atoms with E-state index < -0.39 is 0 Å². The number of carbonyl (C=O) groups excluding carboxylic acids is 2. The third kappa shape index (κ3) is 2.91. The molecule has 0 N–H and O–H groups in total. The van der Waals surface area contributed by atoms with Gasteiger partial charge >= 0.3 is 0 Å². The largest absolute Gasteiger partial charge is 0.493 e. The normalized spacial score (nSPS) is 17.7. The number of furan rings is 1. The monoisotopic (exact) mass is 382 g/mol. The van der Waals surface area contributed by atoms with E-state index in [-0.39, 0.29) is 11.8 Å². The van der Waals surface area contributed by atoms with Gasteiger partial charge in [-0.1, -0.05) is 0 Å². The molecule has 1 aromatic heterocycles. The Balaban J connectivity index is 1.27. The fourth-order valence-electron chi connectivity index (χ4n) is 4.25. The summed E-state index contributed by atoms with van der Waals surface area (Å²) in [7, 11) is 0. The molecule has 0 saturated carbocycles. The van der Waals surface area contributed by atoms with Crippen molar-refractivity contribution in [3.05, 3.63) is 46.9 Å². The van der Waals surface area contributed by atoms with Crippen LogP contribution in [0.2, 0.25) is 0 Å². The Labute approximate surface area is 162 Å². The van der Waals surface area contributed by atoms with Crippen molar-refractivity contribution >= 4 is 11.8 Å². The number of benzene rings is 1. The number of nitrogens with zero attached hydrogens (tertiary/aromatic N) is 2. The van der Waals surface area contributed by atoms with Gasteiger partial charge in [-0.2, -0.15) is 0 Å². The van der Waals surface area contributed by atoms with Crippen molar-refractivity contribution in [1.82, 2.24) is 9.80 Å². The van der Waals surface area contributed by atoms with Crippen LogP contribution in [0.1, 0.15) is 27.2 Å². The van der Waals surface area contributed by atoms with Crippen LogP contribution in [-0.4, -0.2) is 61.0 Å². The fourth-order valence-corrected chi connectivity index (χ4v) is 4.25. The zero-order valence-electron chi connectivity index (χ0n) is 15.6. The minimum absolute atomic E-state index is 0.0723. The van der Waals surface area contributed by atoms with Gasteiger partial charge in [0.2, 0.25) is 5.91 Å². The van der Waals surface area contributed by atoms with E-state index in [1.54, 1.807) is 17.0 Å². The summed E-state index contributed by atoms with van der Waals surface area (Å²) in [5.41, 5.74) is 3.24. The minimum Gasteiger partial charge on any atom is -0.493 e. The van der Waals surface area contributed by atoms with E-state index in [1.807, 2.05) is 4.90 Å². The fraction of sp³-hybridized carbons (Fsp3) is 0.429. The maximum absolute atomic E-state index is 13.0. The van der Waals surface area contributed by atoms with Gasteiger partial charge in [0.15, 0.2) is 5.76 Å². The Bertz CT molecular complexity index is 881. The average Bonchev–Trinajstić information content (AvgIpc) is 3.48. The molecule has 3 aliphatic rings. The van der Waals surface area contributed by atoms with Crippen molar-refractivity contribution in [3.63, 3.8) is 0 Å². The number of carbonyl (C=O) groups is 2. The topological polar surface area (TPSA) is 72.2 Å². The zero-order valence-corrected chi connectivity index (χ0v) is 15.6. The summed E-state index contributed by atoms with van der Waals surface area (Å²) < 4.78 is 16.8. The van der Waals surface area contributed by atoms with E-state index in [0.717, 1.165) is 41.0 Å². The summed E-state index contributed by atoms with van der Waals surface area (Å²) in [6.07, 6.45) is 3.50. The standard InChI is InChI=1S/C21H22N2O5/c24-19(22-5-7-23(8-6-22)21(25)17-2-1-9-26-17)13-16-15-4-11-27-18(15)12-14-3-10-28-20(14)16/h1-2,9,12H,3-8,10-11,13H2. The van der Waals surface area contributed by atoms with Crippen molar-refractivity contribution in [2.24, 2.45) is 0 Å². The molecule has 0 unspecified atom stereocenters. The first-order valence-electron chi connectivity index (χ1n) is 9.74. The molecule has 0 aliphatic carbocycles. The van der Waals surface area contributed by atoms with E-state index in [9.17, 15) is 9.59 Å². The summed E-state index contributed by atoms with van der Waals surface area (Å²) in [5, 5.41) is 0. The van der Waals surface area contributed by atoms with Gasteiger partial charge in [0.1, 0.15) is 11.5 Å². The van der Waals surface area contributed by atoms with Crippen LogP contribution in [0.15, 0.2) is 28.9 Å². The third-order valence-corrected chi connectivity index (χ3v) is 5.74. The lowest BCUT2D eigenvalue weighted by Gasteiger charge is -2.34. The zero-order chi connectivity index (χ0) is 19.1. The molecule has 28 heavy (non-hydrogen) atoms. The molecule has 0 bridgehead atoms. The van der Waals surface area contributed by atoms with E-state index in [2.05, 4.69) is 6.07 Å². The molecule has 3 aliphatic heterocycles. The van der Waals surface area contributed by atoms with Crippen molar-refractivity contribution in [3.8, 4) is 11.5 Å². The third-order valence-electron chi connectivity index (χ3n) is 5.74. The summed E-state index contributed by atoms with van der Waals surface area (Å²) >= 11 is 0. The van der Waals surface area contributed by atoms with Gasteiger partial charge in [-0.3, -0.25) is 9.59 Å². The molecular formula is C21H22N2O5. The van der Waals surface area contributed by atoms with Crippen LogP contribution < -0.4 is 9.47 Å². The number of hydrogen-bond donors (Lipinski definition) is 0. The molecule has 1 saturated heterocycles. The smallest absolute Gasteiger partial charge is 0.289 e. The molecule has 7 heteroatoms. The highest BCUT2D eigenvalue weighted by Crippen LogP contribution is 2.41. The lowest BCUT2D eigenvalue weighted by molar-refractivity contribution is -0.132. The number of fused-ring (bicyclic) bond motifs is 2. The lowest BCUT2D eigenvalue weighted by atomic mass is 9.96. The van der Waals surface area contributed by atoms with Crippen LogP contribution in [0.4, 0.5) is 0 Å². The predicted octanol–water partition coefficient (Wildman–Crippen LogP) is 1.68. The molecule has 1 fully saturated rings. The molecule has 5 rings (SSSR count). The lowest BCUT2D eigenvalue weighted by Crippen LogP contribution is -2.51. The second-order valence-electron chi connectivity index (χ2n) is 7.34. The summed E-state index contributed by atoms with van der Waals surface area (Å²) in [5.74, 6) is 2.07. The number of amides is 2. The van der Waals surface area contributed by atoms with Crippen molar-refractivity contribution in [1.29, 1.82) is 0 Å². The molecular weight excluding hydrogens is 360 g/mol. The highest BCUT2D eigenvalue weighted by atomic mass is 16.5. The van der Waals surface area contributed by atoms with Crippen LogP contribution in [-0.2, 0) is 24.1 Å². The van der Waals surface area contributed by atoms with Crippen LogP contribution in [0.25, 0.3) is 0 Å². The van der Waals surface area contributed by atoms with E-state index in [1.165, 1.54) is 6.26 Å². The molecule has 0 atom stereocenters. The van der Waals surface area contributed by atoms with Crippen molar-refractivity contribution in [2.75, 3.05) is 39.4 Å². The first-order chi connectivity index (χ1) is 13.7. The number of hydrogen-bond acceptors (Lipinski definition) is 5. The van der Waals surface area contributed by atoms with Crippen molar-refractivity contribution < 1.29 is 23.5 Å². The van der Waals surface area contributed by atoms with Crippen LogP contribution in [0.5, 0.6) is 11.5 Å². The molecule has 4 heterocycles. The molecule has 1 aromatic carbocycles. The second kappa shape index (κ2) is 6.89. The Morgan fingerprint density at radius 2 is 1.79 bits per heavy atom. The predicted molar refractivity (Wildman–Crippen MR) is 99.7 cm³/mol. The first-order valence-corrected chi connectivity index (χ1v) is 9.74. The van der Waals surface area contributed by atoms with Gasteiger partial charge in [0.05, 0.1) is 25.9 Å². The summed E-state index contributed by atoms with van der Waals surface area (Å²) in [6, 6.07) is 5.44. The van der Waals surface area contributed by atoms with Gasteiger partial charge < -0.3 is 23.7 Å². The maximum Gasteiger partial charge on any atom is 0.289 e. The van der Waals surface area contributed by atoms with Gasteiger partial charge in [0, 0.05) is 55.7 Å². The molecule has 2 amide bonds. The van der Waals surface area contributed by atoms with E-state index in [0.29, 0.717) is 51.6 Å². The summed E-state index contributed by atoms with van der Waals surface area (Å²) in [6.45, 7) is 3.39. The van der Waals surface area contributed by atoms with Gasteiger partial charge in [-0.25, -0.2) is 0 Å². The van der Waals surface area contributed by atoms with Crippen LogP contribution in [0, 0.1) is 0 Å². The Hall–Kier alpha value is -2.96. The van der Waals surface area contributed by atoms with Crippen LogP contribution in [0.3, 0.4) is 0 Å². The first kappa shape index (κ1) is 17.2. The molecule has 146 valence electrons.